The standard InChI is InChI=1S/C25H24N2O5/c1-17-4-10-22(32-17)11-7-19-5-8-20(9-6-19)21-12-14-27(23(29)16-21)15-13-25(3,18(2)28)24(30)26-31/h4-6,8-10,12,14,16,31H,13,15H2,1-3H3,(H,26,30). The number of hydrogen-bond donors (Lipinski definition) is 2. The molecule has 1 amide bonds. The Morgan fingerprint density at radius 3 is 2.38 bits per heavy atom. The third kappa shape index (κ3) is 5.05. The summed E-state index contributed by atoms with van der Waals surface area (Å²) in [4.78, 5) is 36.3. The lowest BCUT2D eigenvalue weighted by atomic mass is 9.82. The van der Waals surface area contributed by atoms with Crippen molar-refractivity contribution in [2.45, 2.75) is 33.7 Å². The van der Waals surface area contributed by atoms with Crippen LogP contribution in [0.5, 0.6) is 0 Å². The summed E-state index contributed by atoms with van der Waals surface area (Å²) >= 11 is 0. The molecule has 0 aliphatic heterocycles. The molecule has 0 aliphatic rings. The van der Waals surface area contributed by atoms with Crippen molar-refractivity contribution in [3.05, 3.63) is 82.2 Å². The molecule has 32 heavy (non-hydrogen) atoms. The van der Waals surface area contributed by atoms with Crippen molar-refractivity contribution in [1.29, 1.82) is 0 Å². The van der Waals surface area contributed by atoms with Gasteiger partial charge in [-0.2, -0.15) is 0 Å². The number of hydroxylamine groups is 1. The Balaban J connectivity index is 1.73. The summed E-state index contributed by atoms with van der Waals surface area (Å²) in [6.07, 6.45) is 1.71. The number of carbonyl (C=O) groups is 2. The molecule has 0 aliphatic carbocycles. The Morgan fingerprint density at radius 1 is 1.09 bits per heavy atom. The van der Waals surface area contributed by atoms with E-state index < -0.39 is 11.3 Å². The van der Waals surface area contributed by atoms with Crippen molar-refractivity contribution in [2.75, 3.05) is 0 Å². The predicted molar refractivity (Wildman–Crippen MR) is 119 cm³/mol. The fourth-order valence-electron chi connectivity index (χ4n) is 3.17. The van der Waals surface area contributed by atoms with Gasteiger partial charge >= 0.3 is 0 Å². The number of benzene rings is 1. The van der Waals surface area contributed by atoms with E-state index >= 15 is 0 Å². The van der Waals surface area contributed by atoms with Crippen molar-refractivity contribution >= 4 is 11.7 Å². The van der Waals surface area contributed by atoms with E-state index in [1.807, 2.05) is 43.3 Å². The van der Waals surface area contributed by atoms with Crippen LogP contribution in [0, 0.1) is 24.2 Å². The number of furan rings is 1. The second kappa shape index (κ2) is 9.50. The molecule has 0 bridgehead atoms. The zero-order valence-corrected chi connectivity index (χ0v) is 18.1. The van der Waals surface area contributed by atoms with Gasteiger partial charge in [0, 0.05) is 24.4 Å². The number of aryl methyl sites for hydroxylation is 2. The summed E-state index contributed by atoms with van der Waals surface area (Å²) in [5, 5.41) is 8.91. The van der Waals surface area contributed by atoms with Crippen LogP contribution in [0.25, 0.3) is 11.1 Å². The highest BCUT2D eigenvalue weighted by Gasteiger charge is 2.37. The lowest BCUT2D eigenvalue weighted by molar-refractivity contribution is -0.146. The van der Waals surface area contributed by atoms with Gasteiger partial charge in [0.2, 0.25) is 0 Å². The normalized spacial score (nSPS) is 12.4. The largest absolute Gasteiger partial charge is 0.453 e. The minimum absolute atomic E-state index is 0.0799. The highest BCUT2D eigenvalue weighted by atomic mass is 16.5. The van der Waals surface area contributed by atoms with E-state index in [9.17, 15) is 14.4 Å². The fourth-order valence-corrected chi connectivity index (χ4v) is 3.17. The molecular weight excluding hydrogens is 408 g/mol. The smallest absolute Gasteiger partial charge is 0.256 e. The Bertz CT molecular complexity index is 1260. The van der Waals surface area contributed by atoms with Crippen LogP contribution in [0.1, 0.15) is 37.4 Å². The third-order valence-corrected chi connectivity index (χ3v) is 5.52. The first-order valence-corrected chi connectivity index (χ1v) is 10.1. The minimum Gasteiger partial charge on any atom is -0.453 e. The van der Waals surface area contributed by atoms with Gasteiger partial charge in [-0.25, -0.2) is 5.48 Å². The molecule has 2 heterocycles. The maximum Gasteiger partial charge on any atom is 0.256 e. The van der Waals surface area contributed by atoms with Crippen LogP contribution < -0.4 is 11.0 Å². The summed E-state index contributed by atoms with van der Waals surface area (Å²) in [6.45, 7) is 4.74. The van der Waals surface area contributed by atoms with Crippen LogP contribution in [0.15, 0.2) is 63.9 Å². The molecular formula is C25H24N2O5. The van der Waals surface area contributed by atoms with Crippen molar-refractivity contribution in [3.8, 4) is 23.0 Å². The van der Waals surface area contributed by atoms with Crippen LogP contribution in [0.4, 0.5) is 0 Å². The summed E-state index contributed by atoms with van der Waals surface area (Å²) < 4.78 is 6.86. The Morgan fingerprint density at radius 2 is 1.81 bits per heavy atom. The Hall–Kier alpha value is -3.89. The molecule has 0 radical (unpaired) electrons. The Labute approximate surface area is 185 Å². The molecule has 0 saturated carbocycles. The fraction of sp³-hybridized carbons (Fsp3) is 0.240. The van der Waals surface area contributed by atoms with Gasteiger partial charge in [-0.15, -0.1) is 0 Å². The molecule has 1 atom stereocenters. The molecule has 1 aromatic carbocycles. The molecule has 0 saturated heterocycles. The molecule has 164 valence electrons. The van der Waals surface area contributed by atoms with Gasteiger partial charge in [-0.1, -0.05) is 18.1 Å². The number of ketones is 1. The van der Waals surface area contributed by atoms with Crippen molar-refractivity contribution in [2.24, 2.45) is 5.41 Å². The van der Waals surface area contributed by atoms with Gasteiger partial charge < -0.3 is 8.98 Å². The third-order valence-electron chi connectivity index (χ3n) is 5.52. The highest BCUT2D eigenvalue weighted by molar-refractivity contribution is 6.04. The number of aromatic nitrogens is 1. The number of hydrogen-bond acceptors (Lipinski definition) is 5. The molecule has 0 fully saturated rings. The van der Waals surface area contributed by atoms with Gasteiger partial charge in [0.25, 0.3) is 11.5 Å². The first-order valence-electron chi connectivity index (χ1n) is 10.1. The second-order valence-corrected chi connectivity index (χ2v) is 7.76. The van der Waals surface area contributed by atoms with E-state index in [0.29, 0.717) is 5.76 Å². The predicted octanol–water partition coefficient (Wildman–Crippen LogP) is 3.31. The average molecular weight is 432 g/mol. The molecule has 3 rings (SSSR count). The topological polar surface area (TPSA) is 102 Å². The Kier molecular flexibility index (Phi) is 6.76. The van der Waals surface area contributed by atoms with Crippen LogP contribution in [-0.4, -0.2) is 21.5 Å². The molecule has 1 unspecified atom stereocenters. The number of carbonyl (C=O) groups excluding carboxylic acids is 2. The second-order valence-electron chi connectivity index (χ2n) is 7.76. The van der Waals surface area contributed by atoms with Crippen molar-refractivity contribution in [3.63, 3.8) is 0 Å². The monoisotopic (exact) mass is 432 g/mol. The highest BCUT2D eigenvalue weighted by Crippen LogP contribution is 2.24. The lowest BCUT2D eigenvalue weighted by Crippen LogP contribution is -2.43. The number of pyridine rings is 1. The van der Waals surface area contributed by atoms with Gasteiger partial charge in [-0.3, -0.25) is 19.6 Å². The molecule has 2 aromatic heterocycles. The van der Waals surface area contributed by atoms with Crippen molar-refractivity contribution < 1.29 is 19.2 Å². The molecule has 0 spiro atoms. The van der Waals surface area contributed by atoms with E-state index in [1.165, 1.54) is 30.0 Å². The molecule has 7 nitrogen and oxygen atoms in total. The minimum atomic E-state index is -1.42. The first-order chi connectivity index (χ1) is 15.2. The van der Waals surface area contributed by atoms with Crippen molar-refractivity contribution in [1.82, 2.24) is 10.0 Å². The van der Waals surface area contributed by atoms with Gasteiger partial charge in [-0.05, 0) is 74.6 Å². The van der Waals surface area contributed by atoms with E-state index in [1.54, 1.807) is 12.3 Å². The van der Waals surface area contributed by atoms with Gasteiger partial charge in [0.05, 0.1) is 0 Å². The first kappa shape index (κ1) is 22.8. The number of nitrogens with one attached hydrogen (secondary N) is 1. The zero-order chi connectivity index (χ0) is 23.3. The molecule has 3 aromatic rings. The maximum absolute atomic E-state index is 12.6. The summed E-state index contributed by atoms with van der Waals surface area (Å²) in [6, 6.07) is 14.5. The number of amides is 1. The van der Waals surface area contributed by atoms with Crippen LogP contribution in [0.2, 0.25) is 0 Å². The van der Waals surface area contributed by atoms with E-state index in [-0.39, 0.29) is 24.3 Å². The lowest BCUT2D eigenvalue weighted by Gasteiger charge is -2.24. The molecule has 7 heteroatoms. The summed E-state index contributed by atoms with van der Waals surface area (Å²) in [5.74, 6) is 6.24. The van der Waals surface area contributed by atoms with Crippen LogP contribution in [-0.2, 0) is 16.1 Å². The summed E-state index contributed by atoms with van der Waals surface area (Å²) in [5.41, 5.74) is 2.29. The average Bonchev–Trinajstić information content (AvgIpc) is 3.21. The molecule has 2 N–H and O–H groups in total. The maximum atomic E-state index is 12.6. The number of Topliss-reactive ketones (excluding diaryl/α,β-unsaturated/α-hetero) is 1. The van der Waals surface area contributed by atoms with Crippen LogP contribution >= 0.6 is 0 Å². The van der Waals surface area contributed by atoms with E-state index in [2.05, 4.69) is 11.8 Å². The zero-order valence-electron chi connectivity index (χ0n) is 18.1. The summed E-state index contributed by atoms with van der Waals surface area (Å²) in [7, 11) is 0. The number of nitrogens with zero attached hydrogens (tertiary/aromatic N) is 1. The van der Waals surface area contributed by atoms with E-state index in [0.717, 1.165) is 22.5 Å². The SMILES string of the molecule is CC(=O)C(C)(CCn1ccc(-c2ccc(C#Cc3ccc(C)o3)cc2)cc1=O)C(=O)NO. The van der Waals surface area contributed by atoms with Crippen LogP contribution in [0.3, 0.4) is 0 Å². The van der Waals surface area contributed by atoms with Gasteiger partial charge in [0.15, 0.2) is 5.76 Å². The van der Waals surface area contributed by atoms with Gasteiger partial charge in [0.1, 0.15) is 17.0 Å². The quantitative estimate of drug-likeness (QED) is 0.269. The number of rotatable bonds is 6. The van der Waals surface area contributed by atoms with E-state index in [4.69, 9.17) is 9.62 Å².